The van der Waals surface area contributed by atoms with Crippen LogP contribution in [0.15, 0.2) is 24.4 Å². The monoisotopic (exact) mass is 521 g/mol. The number of halogens is 3. The first-order valence-electron chi connectivity index (χ1n) is 12.0. The van der Waals surface area contributed by atoms with Crippen LogP contribution in [0, 0.1) is 4.77 Å². The number of carbonyl (C=O) groups excluding carboxylic acids is 1. The lowest BCUT2D eigenvalue weighted by molar-refractivity contribution is -0.169. The van der Waals surface area contributed by atoms with Crippen molar-refractivity contribution in [1.82, 2.24) is 9.55 Å². The van der Waals surface area contributed by atoms with Crippen LogP contribution in [0.4, 0.5) is 24.7 Å². The molecule has 4 rings (SSSR count). The van der Waals surface area contributed by atoms with E-state index in [4.69, 9.17) is 41.1 Å². The van der Waals surface area contributed by atoms with Crippen LogP contribution in [0.25, 0.3) is 0 Å². The van der Waals surface area contributed by atoms with Crippen molar-refractivity contribution in [2.75, 3.05) is 31.7 Å². The van der Waals surface area contributed by atoms with Crippen LogP contribution in [0.2, 0.25) is 0 Å². The minimum absolute atomic E-state index is 0.0388. The summed E-state index contributed by atoms with van der Waals surface area (Å²) in [7, 11) is -1.58. The minimum atomic E-state index is -5.26. The Kier molecular flexibility index (Phi) is 6.18. The van der Waals surface area contributed by atoms with Crippen molar-refractivity contribution in [3.05, 3.63) is 29.2 Å². The highest BCUT2D eigenvalue weighted by Crippen LogP contribution is 2.51. The van der Waals surface area contributed by atoms with Gasteiger partial charge in [0.1, 0.15) is 23.8 Å². The van der Waals surface area contributed by atoms with Crippen molar-refractivity contribution < 1.29 is 44.8 Å². The number of hydrogen-bond acceptors (Lipinski definition) is 9. The van der Waals surface area contributed by atoms with E-state index in [1.807, 2.05) is 0 Å². The van der Waals surface area contributed by atoms with Gasteiger partial charge in [-0.25, -0.2) is 4.90 Å². The number of hydrogen-bond donors (Lipinski definition) is 2. The van der Waals surface area contributed by atoms with Crippen LogP contribution in [0.5, 0.6) is 17.2 Å². The lowest BCUT2D eigenvalue weighted by Gasteiger charge is -2.32. The molecule has 10 nitrogen and oxygen atoms in total. The summed E-state index contributed by atoms with van der Waals surface area (Å²) in [6, 6.07) is 4.26. The molecule has 1 aromatic heterocycles. The highest BCUT2D eigenvalue weighted by molar-refractivity contribution is 7.71. The van der Waals surface area contributed by atoms with E-state index in [9.17, 15) is 18.0 Å². The summed E-state index contributed by atoms with van der Waals surface area (Å²) in [5.74, 6) is -3.06. The summed E-state index contributed by atoms with van der Waals surface area (Å²) in [5, 5.41) is 4.67. The van der Waals surface area contributed by atoms with Gasteiger partial charge >= 0.3 is 12.1 Å². The van der Waals surface area contributed by atoms with Gasteiger partial charge in [-0.15, -0.1) is 0 Å². The maximum absolute atomic E-state index is 13.7. The van der Waals surface area contributed by atoms with Crippen LogP contribution in [-0.2, 0) is 14.3 Å². The molecule has 3 N–H and O–H groups in total. The van der Waals surface area contributed by atoms with Gasteiger partial charge in [0.2, 0.25) is 6.20 Å². The number of aromatic nitrogens is 2. The molecule has 0 bridgehead atoms. The number of anilines is 2. The van der Waals surface area contributed by atoms with Gasteiger partial charge in [0.25, 0.3) is 0 Å². The fourth-order valence-corrected chi connectivity index (χ4v) is 3.99. The number of nitrogens with zero attached hydrogens (tertiary/aromatic N) is 3. The van der Waals surface area contributed by atoms with Crippen molar-refractivity contribution in [1.29, 1.82) is 1.43 Å². The second-order valence-electron chi connectivity index (χ2n) is 7.69. The number of fused-ring (bicyclic) bond motifs is 2. The Morgan fingerprint density at radius 2 is 2.34 bits per heavy atom. The molecule has 1 saturated heterocycles. The Hall–Kier alpha value is -2.78. The molecule has 2 aromatic rings. The number of aliphatic hydroxyl groups excluding tert-OH is 1. The predicted octanol–water partition coefficient (Wildman–Crippen LogP) is 2.97. The molecule has 1 fully saturated rings. The quantitative estimate of drug-likeness (QED) is 0.399. The van der Waals surface area contributed by atoms with E-state index in [1.54, 1.807) is 0 Å². The highest BCUT2D eigenvalue weighted by atomic mass is 32.1. The van der Waals surface area contributed by atoms with Gasteiger partial charge in [0, 0.05) is 13.5 Å². The number of nitrogens with two attached hydrogens (primary N) is 1. The van der Waals surface area contributed by atoms with Crippen molar-refractivity contribution in [2.24, 2.45) is 5.73 Å². The summed E-state index contributed by atoms with van der Waals surface area (Å²) in [5.41, 5.74) is 5.19. The Morgan fingerprint density at radius 1 is 1.51 bits per heavy atom. The molecule has 0 radical (unpaired) electrons. The number of ether oxygens (including phenoxy) is 4. The van der Waals surface area contributed by atoms with Crippen molar-refractivity contribution >= 4 is 29.6 Å². The molecule has 1 aromatic carbocycles. The average molecular weight is 522 g/mol. The first-order valence-corrected chi connectivity index (χ1v) is 10.9. The van der Waals surface area contributed by atoms with E-state index in [1.165, 1.54) is 29.0 Å². The van der Waals surface area contributed by atoms with Crippen molar-refractivity contribution in [3.63, 3.8) is 0 Å². The summed E-state index contributed by atoms with van der Waals surface area (Å²) < 4.78 is 85.9. The van der Waals surface area contributed by atoms with Gasteiger partial charge < -0.3 is 29.8 Å². The van der Waals surface area contributed by atoms with E-state index in [0.29, 0.717) is 11.3 Å². The van der Waals surface area contributed by atoms with Crippen LogP contribution in [-0.4, -0.2) is 67.2 Å². The number of carbonyl (C=O) groups is 1. The Labute approximate surface area is 207 Å². The summed E-state index contributed by atoms with van der Waals surface area (Å²) in [6.07, 6.45) is -6.04. The zero-order valence-electron chi connectivity index (χ0n) is 21.1. The normalized spacial score (nSPS) is 23.4. The predicted molar refractivity (Wildman–Crippen MR) is 118 cm³/mol. The third-order valence-corrected chi connectivity index (χ3v) is 5.62. The fraction of sp³-hybridized carbons (Fsp3) is 0.476. The first-order chi connectivity index (χ1) is 18.0. The zero-order valence-corrected chi connectivity index (χ0v) is 18.9. The fourth-order valence-electron chi connectivity index (χ4n) is 3.73. The number of para-hydroxylation sites is 1. The third-order valence-electron chi connectivity index (χ3n) is 5.32. The Bertz CT molecular complexity index is 1240. The lowest BCUT2D eigenvalue weighted by Crippen LogP contribution is -2.40. The summed E-state index contributed by atoms with van der Waals surface area (Å²) in [6.45, 7) is 0.163. The smallest absolute Gasteiger partial charge is 0.472 e. The van der Waals surface area contributed by atoms with E-state index < -0.39 is 43.4 Å². The van der Waals surface area contributed by atoms with Gasteiger partial charge in [0.15, 0.2) is 17.3 Å². The molecule has 1 amide bonds. The molecule has 0 saturated carbocycles. The number of methoxy groups -OCH3 is 1. The number of benzene rings is 1. The molecule has 4 atom stereocenters. The molecule has 14 heteroatoms. The molecule has 3 heterocycles. The number of aliphatic hydroxyl groups is 1. The van der Waals surface area contributed by atoms with Crippen LogP contribution < -0.4 is 20.1 Å². The Balaban J connectivity index is 1.74. The molecular weight excluding hydrogens is 493 g/mol. The molecule has 0 spiro atoms. The molecule has 190 valence electrons. The SMILES string of the molecule is [2H]C([3H])OC[C@H]1O[C@@H](n2cc3c(nc2=S)N(C(=O)C(F)(F)F)c2c(OCCCN)cccc2O3)C[C@H]1O[3H]. The van der Waals surface area contributed by atoms with E-state index in [-0.39, 0.29) is 53.9 Å². The van der Waals surface area contributed by atoms with Crippen LogP contribution in [0.3, 0.4) is 0 Å². The maximum atomic E-state index is 13.7. The van der Waals surface area contributed by atoms with Crippen molar-refractivity contribution in [3.8, 4) is 17.2 Å². The minimum Gasteiger partial charge on any atom is -0.491 e. The topological polar surface area (TPSA) is 121 Å². The van der Waals surface area contributed by atoms with Gasteiger partial charge in [-0.3, -0.25) is 9.36 Å². The zero-order chi connectivity index (χ0) is 27.6. The van der Waals surface area contributed by atoms with Gasteiger partial charge in [-0.05, 0) is 37.3 Å². The lowest BCUT2D eigenvalue weighted by atomic mass is 10.2. The molecule has 35 heavy (non-hydrogen) atoms. The maximum Gasteiger partial charge on any atom is 0.472 e. The van der Waals surface area contributed by atoms with Crippen molar-refractivity contribution in [2.45, 2.75) is 37.5 Å². The van der Waals surface area contributed by atoms with Gasteiger partial charge in [0.05, 0.1) is 28.3 Å². The molecule has 0 aliphatic carbocycles. The largest absolute Gasteiger partial charge is 0.491 e. The van der Waals surface area contributed by atoms with Crippen LogP contribution in [0.1, 0.15) is 21.8 Å². The molecular formula is C21H23F3N4O6S. The molecule has 1 unspecified atom stereocenters. The van der Waals surface area contributed by atoms with Gasteiger partial charge in [-0.1, -0.05) is 6.07 Å². The number of rotatable bonds is 8. The summed E-state index contributed by atoms with van der Waals surface area (Å²) >= 11 is 5.32. The van der Waals surface area contributed by atoms with E-state index in [2.05, 4.69) is 10.1 Å². The average Bonchev–Trinajstić information content (AvgIpc) is 3.28. The van der Waals surface area contributed by atoms with E-state index >= 15 is 0 Å². The van der Waals surface area contributed by atoms with Gasteiger partial charge in [-0.2, -0.15) is 18.2 Å². The summed E-state index contributed by atoms with van der Waals surface area (Å²) in [4.78, 5) is 17.1. The van der Waals surface area contributed by atoms with E-state index in [0.717, 1.165) is 0 Å². The second-order valence-corrected chi connectivity index (χ2v) is 8.05. The first kappa shape index (κ1) is 21.5. The third kappa shape index (κ3) is 4.97. The standard InChI is InChI=1S/C21H23F3N4O6S/c1-31-10-15-11(29)8-16(34-15)27-9-14-18(26-20(27)35)28(19(30)21(22,23)24)17-12(32-7-3-6-25)4-2-5-13(17)33-14/h2,4-5,9,11,15-16,29H,3,6-8,10,25H2,1H3/t11-,15-,16-/m1/s1/i1TD,29T/t1?,11-,15-,16-. The number of alkyl halides is 3. The molecule has 2 aliphatic rings. The Morgan fingerprint density at radius 3 is 3.06 bits per heavy atom. The molecule has 2 aliphatic heterocycles. The van der Waals surface area contributed by atoms with Crippen LogP contribution >= 0.6 is 12.2 Å². The second kappa shape index (κ2) is 10.1. The number of amides is 1. The highest BCUT2D eigenvalue weighted by Gasteiger charge is 2.48.